The van der Waals surface area contributed by atoms with Gasteiger partial charge in [-0.15, -0.1) is 11.3 Å². The minimum Gasteiger partial charge on any atom is -0.457 e. The maximum absolute atomic E-state index is 12.1. The van der Waals surface area contributed by atoms with Crippen LogP contribution in [0.5, 0.6) is 0 Å². The molecule has 0 aliphatic rings. The molecule has 2 aromatic rings. The zero-order valence-electron chi connectivity index (χ0n) is 12.2. The number of aliphatic hydroxyl groups is 1. The summed E-state index contributed by atoms with van der Waals surface area (Å²) in [6, 6.07) is 11.6. The fraction of sp³-hybridized carbons (Fsp3) is 0.353. The summed E-state index contributed by atoms with van der Waals surface area (Å²) in [5, 5.41) is 8.81. The van der Waals surface area contributed by atoms with Gasteiger partial charge in [0.2, 0.25) is 0 Å². The van der Waals surface area contributed by atoms with E-state index in [1.807, 2.05) is 43.3 Å². The summed E-state index contributed by atoms with van der Waals surface area (Å²) in [5.74, 6) is -0.264. The van der Waals surface area contributed by atoms with Gasteiger partial charge in [-0.25, -0.2) is 4.79 Å². The van der Waals surface area contributed by atoms with Gasteiger partial charge in [0.05, 0.1) is 0 Å². The number of ether oxygens (including phenoxy) is 1. The van der Waals surface area contributed by atoms with Crippen molar-refractivity contribution in [3.63, 3.8) is 0 Å². The summed E-state index contributed by atoms with van der Waals surface area (Å²) in [6.45, 7) is 2.53. The fourth-order valence-corrected chi connectivity index (χ4v) is 3.17. The molecule has 112 valence electrons. The van der Waals surface area contributed by atoms with Crippen molar-refractivity contribution in [3.05, 3.63) is 57.3 Å². The monoisotopic (exact) mass is 304 g/mol. The molecule has 1 N–H and O–H groups in total. The Morgan fingerprint density at radius 3 is 2.71 bits per heavy atom. The average molecular weight is 304 g/mol. The number of thiophene rings is 1. The molecule has 2 rings (SSSR count). The first-order valence-electron chi connectivity index (χ1n) is 7.12. The van der Waals surface area contributed by atoms with Gasteiger partial charge >= 0.3 is 5.97 Å². The quantitative estimate of drug-likeness (QED) is 0.626. The van der Waals surface area contributed by atoms with Gasteiger partial charge in [0.15, 0.2) is 0 Å². The first-order chi connectivity index (χ1) is 10.2. The third-order valence-electron chi connectivity index (χ3n) is 3.25. The van der Waals surface area contributed by atoms with E-state index in [9.17, 15) is 4.79 Å². The van der Waals surface area contributed by atoms with E-state index in [0.29, 0.717) is 11.5 Å². The molecule has 0 fully saturated rings. The van der Waals surface area contributed by atoms with E-state index in [4.69, 9.17) is 9.84 Å². The average Bonchev–Trinajstić information content (AvgIpc) is 2.87. The van der Waals surface area contributed by atoms with Crippen LogP contribution in [0.25, 0.3) is 0 Å². The predicted molar refractivity (Wildman–Crippen MR) is 84.6 cm³/mol. The maximum Gasteiger partial charge on any atom is 0.348 e. The van der Waals surface area contributed by atoms with Gasteiger partial charge in [-0.2, -0.15) is 0 Å². The Kier molecular flexibility index (Phi) is 5.96. The fourth-order valence-electron chi connectivity index (χ4n) is 2.06. The smallest absolute Gasteiger partial charge is 0.348 e. The van der Waals surface area contributed by atoms with Crippen LogP contribution < -0.4 is 0 Å². The molecule has 0 radical (unpaired) electrons. The van der Waals surface area contributed by atoms with Crippen LogP contribution in [0, 0.1) is 6.92 Å². The van der Waals surface area contributed by atoms with Crippen molar-refractivity contribution in [1.29, 1.82) is 0 Å². The highest BCUT2D eigenvalue weighted by Gasteiger charge is 2.13. The van der Waals surface area contributed by atoms with Gasteiger partial charge in [0.1, 0.15) is 11.5 Å². The number of aliphatic hydroxyl groups excluding tert-OH is 1. The van der Waals surface area contributed by atoms with Crippen LogP contribution in [0.2, 0.25) is 0 Å². The Morgan fingerprint density at radius 2 is 2.00 bits per heavy atom. The minimum atomic E-state index is -0.264. The van der Waals surface area contributed by atoms with Crippen LogP contribution in [0.3, 0.4) is 0 Å². The summed E-state index contributed by atoms with van der Waals surface area (Å²) in [5.41, 5.74) is 2.12. The number of hydrogen-bond acceptors (Lipinski definition) is 4. The van der Waals surface area contributed by atoms with Crippen LogP contribution in [-0.4, -0.2) is 17.7 Å². The lowest BCUT2D eigenvalue weighted by Gasteiger charge is -2.02. The number of hydrogen-bond donors (Lipinski definition) is 1. The topological polar surface area (TPSA) is 46.5 Å². The van der Waals surface area contributed by atoms with Gasteiger partial charge in [0, 0.05) is 11.5 Å². The van der Waals surface area contributed by atoms with Crippen molar-refractivity contribution >= 4 is 17.3 Å². The van der Waals surface area contributed by atoms with Crippen molar-refractivity contribution in [3.8, 4) is 0 Å². The van der Waals surface area contributed by atoms with Crippen LogP contribution in [0.15, 0.2) is 36.4 Å². The Hall–Kier alpha value is -1.65. The summed E-state index contributed by atoms with van der Waals surface area (Å²) in [4.78, 5) is 13.9. The van der Waals surface area contributed by atoms with Crippen molar-refractivity contribution in [2.75, 3.05) is 6.61 Å². The number of rotatable bonds is 7. The van der Waals surface area contributed by atoms with Gasteiger partial charge in [-0.05, 0) is 43.4 Å². The SMILES string of the molecule is Cc1cc(C(=O)OCc2ccccc2)sc1CCCCO. The number of benzene rings is 1. The Balaban J connectivity index is 1.91. The van der Waals surface area contributed by atoms with Crippen LogP contribution in [0.1, 0.15) is 38.5 Å². The molecule has 0 aliphatic heterocycles. The van der Waals surface area contributed by atoms with E-state index in [1.54, 1.807) is 0 Å². The maximum atomic E-state index is 12.1. The second kappa shape index (κ2) is 7.96. The first kappa shape index (κ1) is 15.7. The second-order valence-electron chi connectivity index (χ2n) is 4.96. The summed E-state index contributed by atoms with van der Waals surface area (Å²) in [7, 11) is 0. The first-order valence-corrected chi connectivity index (χ1v) is 7.93. The molecule has 0 unspecified atom stereocenters. The molecule has 21 heavy (non-hydrogen) atoms. The lowest BCUT2D eigenvalue weighted by atomic mass is 10.1. The van der Waals surface area contributed by atoms with Gasteiger partial charge in [0.25, 0.3) is 0 Å². The van der Waals surface area contributed by atoms with E-state index in [2.05, 4.69) is 0 Å². The Morgan fingerprint density at radius 1 is 1.24 bits per heavy atom. The molecular formula is C17H20O3S. The van der Waals surface area contributed by atoms with Crippen LogP contribution in [-0.2, 0) is 17.8 Å². The molecule has 0 amide bonds. The van der Waals surface area contributed by atoms with E-state index in [1.165, 1.54) is 16.2 Å². The zero-order chi connectivity index (χ0) is 15.1. The molecule has 3 nitrogen and oxygen atoms in total. The third-order valence-corrected chi connectivity index (χ3v) is 4.52. The van der Waals surface area contributed by atoms with E-state index in [-0.39, 0.29) is 12.6 Å². The highest BCUT2D eigenvalue weighted by atomic mass is 32.1. The van der Waals surface area contributed by atoms with Gasteiger partial charge in [-0.1, -0.05) is 30.3 Å². The van der Waals surface area contributed by atoms with E-state index >= 15 is 0 Å². The molecule has 1 heterocycles. The molecule has 0 aliphatic carbocycles. The standard InChI is InChI=1S/C17H20O3S/c1-13-11-16(21-15(13)9-5-6-10-18)17(19)20-12-14-7-3-2-4-8-14/h2-4,7-8,11,18H,5-6,9-10,12H2,1H3. The molecular weight excluding hydrogens is 284 g/mol. The molecule has 4 heteroatoms. The van der Waals surface area contributed by atoms with E-state index in [0.717, 1.165) is 30.4 Å². The largest absolute Gasteiger partial charge is 0.457 e. The van der Waals surface area contributed by atoms with Gasteiger partial charge < -0.3 is 9.84 Å². The second-order valence-corrected chi connectivity index (χ2v) is 6.10. The predicted octanol–water partition coefficient (Wildman–Crippen LogP) is 3.73. The third kappa shape index (κ3) is 4.69. The number of carbonyl (C=O) groups excluding carboxylic acids is 1. The van der Waals surface area contributed by atoms with Crippen molar-refractivity contribution in [1.82, 2.24) is 0 Å². The molecule has 0 bridgehead atoms. The number of unbranched alkanes of at least 4 members (excludes halogenated alkanes) is 1. The molecule has 0 saturated carbocycles. The van der Waals surface area contributed by atoms with Crippen LogP contribution >= 0.6 is 11.3 Å². The minimum absolute atomic E-state index is 0.219. The normalized spacial score (nSPS) is 10.6. The molecule has 1 aromatic heterocycles. The number of carbonyl (C=O) groups is 1. The summed E-state index contributed by atoms with van der Waals surface area (Å²) >= 11 is 1.50. The Bertz CT molecular complexity index is 575. The molecule has 0 spiro atoms. The Labute approximate surface area is 129 Å². The van der Waals surface area contributed by atoms with Crippen molar-refractivity contribution in [2.24, 2.45) is 0 Å². The van der Waals surface area contributed by atoms with Gasteiger partial charge in [-0.3, -0.25) is 0 Å². The highest BCUT2D eigenvalue weighted by molar-refractivity contribution is 7.14. The van der Waals surface area contributed by atoms with Crippen molar-refractivity contribution < 1.29 is 14.6 Å². The van der Waals surface area contributed by atoms with Crippen molar-refractivity contribution in [2.45, 2.75) is 32.8 Å². The number of esters is 1. The lowest BCUT2D eigenvalue weighted by molar-refractivity contribution is 0.0478. The summed E-state index contributed by atoms with van der Waals surface area (Å²) < 4.78 is 5.34. The molecule has 1 aromatic carbocycles. The zero-order valence-corrected chi connectivity index (χ0v) is 13.0. The molecule has 0 atom stereocenters. The van der Waals surface area contributed by atoms with E-state index < -0.39 is 0 Å². The lowest BCUT2D eigenvalue weighted by Crippen LogP contribution is -2.02. The highest BCUT2D eigenvalue weighted by Crippen LogP contribution is 2.24. The number of aryl methyl sites for hydroxylation is 2. The molecule has 0 saturated heterocycles. The van der Waals surface area contributed by atoms with Crippen LogP contribution in [0.4, 0.5) is 0 Å². The summed E-state index contributed by atoms with van der Waals surface area (Å²) in [6.07, 6.45) is 2.64.